The minimum absolute atomic E-state index is 0.0413. The second-order valence-corrected chi connectivity index (χ2v) is 8.96. The van der Waals surface area contributed by atoms with E-state index in [1.165, 1.54) is 43.4 Å². The Bertz CT molecular complexity index is 1040. The number of carbonyl (C=O) groups excluding carboxylic acids is 2. The van der Waals surface area contributed by atoms with Crippen LogP contribution in [0, 0.1) is 5.92 Å². The van der Waals surface area contributed by atoms with E-state index in [0.29, 0.717) is 47.3 Å². The molecule has 8 heteroatoms. The molecular weight excluding hydrogens is 412 g/mol. The van der Waals surface area contributed by atoms with Crippen molar-refractivity contribution in [1.29, 1.82) is 0 Å². The highest BCUT2D eigenvalue weighted by atomic mass is 32.1. The summed E-state index contributed by atoms with van der Waals surface area (Å²) in [5, 5.41) is 17.1. The Morgan fingerprint density at radius 2 is 2.00 bits per heavy atom. The van der Waals surface area contributed by atoms with Crippen molar-refractivity contribution < 1.29 is 14.7 Å². The number of thiophene rings is 1. The second-order valence-electron chi connectivity index (χ2n) is 8.01. The van der Waals surface area contributed by atoms with Gasteiger partial charge in [0.2, 0.25) is 5.95 Å². The van der Waals surface area contributed by atoms with E-state index >= 15 is 0 Å². The first-order valence-corrected chi connectivity index (χ1v) is 11.8. The quantitative estimate of drug-likeness (QED) is 0.492. The Morgan fingerprint density at radius 3 is 2.74 bits per heavy atom. The summed E-state index contributed by atoms with van der Waals surface area (Å²) < 4.78 is 1.88. The van der Waals surface area contributed by atoms with Crippen molar-refractivity contribution in [2.24, 2.45) is 5.92 Å². The first kappa shape index (κ1) is 21.5. The van der Waals surface area contributed by atoms with E-state index in [1.54, 1.807) is 18.2 Å². The van der Waals surface area contributed by atoms with Gasteiger partial charge in [0.1, 0.15) is 0 Å². The van der Waals surface area contributed by atoms with Gasteiger partial charge in [-0.3, -0.25) is 14.9 Å². The average Bonchev–Trinajstić information content (AvgIpc) is 3.44. The van der Waals surface area contributed by atoms with Gasteiger partial charge in [-0.1, -0.05) is 25.3 Å². The zero-order valence-electron chi connectivity index (χ0n) is 17.5. The molecule has 164 valence electrons. The Balaban J connectivity index is 1.53. The van der Waals surface area contributed by atoms with Crippen LogP contribution in [0.3, 0.4) is 0 Å². The van der Waals surface area contributed by atoms with E-state index < -0.39 is 0 Å². The molecule has 0 aliphatic heterocycles. The largest absolute Gasteiger partial charge is 0.396 e. The van der Waals surface area contributed by atoms with Gasteiger partial charge in [-0.25, -0.2) is 4.98 Å². The summed E-state index contributed by atoms with van der Waals surface area (Å²) in [4.78, 5) is 30.4. The van der Waals surface area contributed by atoms with E-state index in [2.05, 4.69) is 15.6 Å². The van der Waals surface area contributed by atoms with Crippen molar-refractivity contribution in [3.05, 3.63) is 46.2 Å². The molecule has 0 unspecified atom stereocenters. The van der Waals surface area contributed by atoms with Crippen molar-refractivity contribution in [3.63, 3.8) is 0 Å². The predicted octanol–water partition coefficient (Wildman–Crippen LogP) is 4.04. The smallest absolute Gasteiger partial charge is 0.268 e. The molecule has 2 heterocycles. The molecule has 0 radical (unpaired) electrons. The van der Waals surface area contributed by atoms with E-state index in [4.69, 9.17) is 0 Å². The number of aliphatic hydroxyl groups is 1. The number of benzene rings is 1. The number of fused-ring (bicyclic) bond motifs is 1. The lowest BCUT2D eigenvalue weighted by molar-refractivity contribution is 0.0943. The number of rotatable bonds is 8. The summed E-state index contributed by atoms with van der Waals surface area (Å²) in [6.45, 7) is 1.27. The van der Waals surface area contributed by atoms with Gasteiger partial charge in [-0.15, -0.1) is 11.3 Å². The maximum atomic E-state index is 12.7. The van der Waals surface area contributed by atoms with Gasteiger partial charge in [0, 0.05) is 25.3 Å². The lowest BCUT2D eigenvalue weighted by atomic mass is 9.89. The van der Waals surface area contributed by atoms with E-state index in [9.17, 15) is 14.7 Å². The highest BCUT2D eigenvalue weighted by Crippen LogP contribution is 2.24. The van der Waals surface area contributed by atoms with Crippen molar-refractivity contribution in [1.82, 2.24) is 14.9 Å². The van der Waals surface area contributed by atoms with Crippen LogP contribution in [-0.4, -0.2) is 39.6 Å². The molecule has 3 aromatic rings. The average molecular weight is 441 g/mol. The molecule has 3 N–H and O–H groups in total. The first-order chi connectivity index (χ1) is 15.2. The lowest BCUT2D eigenvalue weighted by Crippen LogP contribution is -2.30. The number of hydrogen-bond donors (Lipinski definition) is 3. The lowest BCUT2D eigenvalue weighted by Gasteiger charge is -2.21. The zero-order chi connectivity index (χ0) is 21.6. The zero-order valence-corrected chi connectivity index (χ0v) is 18.3. The number of imidazole rings is 1. The molecule has 0 bridgehead atoms. The number of aliphatic hydroxyl groups excluding tert-OH is 1. The molecule has 2 aromatic heterocycles. The van der Waals surface area contributed by atoms with Gasteiger partial charge >= 0.3 is 0 Å². The molecule has 0 spiro atoms. The molecule has 7 nitrogen and oxygen atoms in total. The van der Waals surface area contributed by atoms with Crippen LogP contribution in [0.4, 0.5) is 5.95 Å². The number of nitrogens with one attached hydrogen (secondary N) is 2. The molecular formula is C23H28N4O3S. The number of anilines is 1. The van der Waals surface area contributed by atoms with E-state index in [1.807, 2.05) is 22.1 Å². The fourth-order valence-electron chi connectivity index (χ4n) is 4.12. The summed E-state index contributed by atoms with van der Waals surface area (Å²) in [5.74, 6) is 0.669. The van der Waals surface area contributed by atoms with Crippen LogP contribution >= 0.6 is 11.3 Å². The predicted molar refractivity (Wildman–Crippen MR) is 123 cm³/mol. The Hall–Kier alpha value is -2.71. The van der Waals surface area contributed by atoms with Crippen LogP contribution in [-0.2, 0) is 6.54 Å². The van der Waals surface area contributed by atoms with Crippen LogP contribution in [0.15, 0.2) is 35.7 Å². The summed E-state index contributed by atoms with van der Waals surface area (Å²) >= 11 is 1.36. The van der Waals surface area contributed by atoms with Crippen LogP contribution in [0.25, 0.3) is 11.0 Å². The third-order valence-corrected chi connectivity index (χ3v) is 6.67. The topological polar surface area (TPSA) is 96.3 Å². The number of hydrogen-bond acceptors (Lipinski definition) is 5. The van der Waals surface area contributed by atoms with E-state index in [0.717, 1.165) is 5.52 Å². The Labute approximate surface area is 185 Å². The molecule has 1 saturated carbocycles. The summed E-state index contributed by atoms with van der Waals surface area (Å²) in [7, 11) is 0. The number of nitrogens with zero attached hydrogens (tertiary/aromatic N) is 2. The third-order valence-electron chi connectivity index (χ3n) is 5.80. The molecule has 1 aliphatic carbocycles. The number of amides is 2. The number of aryl methyl sites for hydroxylation is 1. The molecule has 0 saturated heterocycles. The first-order valence-electron chi connectivity index (χ1n) is 10.9. The van der Waals surface area contributed by atoms with Crippen molar-refractivity contribution in [3.8, 4) is 0 Å². The molecule has 0 atom stereocenters. The van der Waals surface area contributed by atoms with Gasteiger partial charge in [-0.05, 0) is 54.8 Å². The van der Waals surface area contributed by atoms with Gasteiger partial charge < -0.3 is 15.0 Å². The minimum Gasteiger partial charge on any atom is -0.396 e. The molecule has 1 aliphatic rings. The Morgan fingerprint density at radius 1 is 1.16 bits per heavy atom. The summed E-state index contributed by atoms with van der Waals surface area (Å²) in [5.41, 5.74) is 2.02. The number of aromatic nitrogens is 2. The van der Waals surface area contributed by atoms with Gasteiger partial charge in [0.15, 0.2) is 0 Å². The third kappa shape index (κ3) is 5.14. The molecule has 1 fully saturated rings. The highest BCUT2D eigenvalue weighted by molar-refractivity contribution is 7.12. The fraction of sp³-hybridized carbons (Fsp3) is 0.435. The number of carbonyl (C=O) groups is 2. The molecule has 2 amide bonds. The molecule has 31 heavy (non-hydrogen) atoms. The standard InChI is InChI=1S/C23H28N4O3S/c28-12-5-11-27-19-10-9-17(21(29)24-15-16-6-2-1-3-7-16)14-18(19)25-23(27)26-22(30)20-8-4-13-31-20/h4,8-10,13-14,16,28H,1-3,5-7,11-12,15H2,(H,24,29)(H,25,26,30). The molecule has 1 aromatic carbocycles. The van der Waals surface area contributed by atoms with Gasteiger partial charge in [-0.2, -0.15) is 0 Å². The normalized spacial score (nSPS) is 14.6. The van der Waals surface area contributed by atoms with Crippen molar-refractivity contribution in [2.45, 2.75) is 45.1 Å². The van der Waals surface area contributed by atoms with Crippen LogP contribution < -0.4 is 10.6 Å². The summed E-state index contributed by atoms with van der Waals surface area (Å²) in [6, 6.07) is 9.00. The summed E-state index contributed by atoms with van der Waals surface area (Å²) in [6.07, 6.45) is 6.70. The fourth-order valence-corrected chi connectivity index (χ4v) is 4.74. The van der Waals surface area contributed by atoms with Crippen molar-refractivity contribution >= 4 is 40.1 Å². The van der Waals surface area contributed by atoms with Crippen LogP contribution in [0.2, 0.25) is 0 Å². The van der Waals surface area contributed by atoms with E-state index in [-0.39, 0.29) is 18.4 Å². The maximum absolute atomic E-state index is 12.7. The Kier molecular flexibility index (Phi) is 6.99. The van der Waals surface area contributed by atoms with Crippen LogP contribution in [0.1, 0.15) is 58.6 Å². The monoisotopic (exact) mass is 440 g/mol. The highest BCUT2D eigenvalue weighted by Gasteiger charge is 2.18. The minimum atomic E-state index is -0.221. The molecule has 4 rings (SSSR count). The SMILES string of the molecule is O=C(NCC1CCCCC1)c1ccc2c(c1)nc(NC(=O)c1cccs1)n2CCCO. The second kappa shape index (κ2) is 10.1. The maximum Gasteiger partial charge on any atom is 0.268 e. The van der Waals surface area contributed by atoms with Gasteiger partial charge in [0.05, 0.1) is 15.9 Å². The van der Waals surface area contributed by atoms with Crippen LogP contribution in [0.5, 0.6) is 0 Å². The van der Waals surface area contributed by atoms with Gasteiger partial charge in [0.25, 0.3) is 11.8 Å². The van der Waals surface area contributed by atoms with Crippen molar-refractivity contribution in [2.75, 3.05) is 18.5 Å².